The van der Waals surface area contributed by atoms with Gasteiger partial charge in [-0.05, 0) is 101 Å². The van der Waals surface area contributed by atoms with Crippen molar-refractivity contribution in [2.75, 3.05) is 6.54 Å². The molecule has 1 saturated heterocycles. The number of fused-ring (bicyclic) bond motifs is 2. The summed E-state index contributed by atoms with van der Waals surface area (Å²) in [5, 5.41) is 14.0. The maximum atomic E-state index is 11.4. The maximum absolute atomic E-state index is 11.4. The van der Waals surface area contributed by atoms with E-state index in [1.54, 1.807) is 6.08 Å². The summed E-state index contributed by atoms with van der Waals surface area (Å²) < 4.78 is 12.6. The molecule has 1 spiro atoms. The Bertz CT molecular complexity index is 1100. The van der Waals surface area contributed by atoms with Crippen LogP contribution in [0.4, 0.5) is 0 Å². The number of allylic oxidation sites excluding steroid dienone is 4. The molecular formula is C31H42N2O4. The average molecular weight is 507 g/mol. The number of carbonyl (C=O) groups is 1. The highest BCUT2D eigenvalue weighted by Gasteiger charge is 2.47. The Balaban J connectivity index is 1.11. The monoisotopic (exact) mass is 506 g/mol. The fourth-order valence-electron chi connectivity index (χ4n) is 7.21. The Labute approximate surface area is 220 Å². The second-order valence-corrected chi connectivity index (χ2v) is 12.3. The molecule has 2 bridgehead atoms. The van der Waals surface area contributed by atoms with Crippen LogP contribution in [-0.4, -0.2) is 39.8 Å². The van der Waals surface area contributed by atoms with Crippen LogP contribution in [0.25, 0.3) is 0 Å². The van der Waals surface area contributed by atoms with Crippen molar-refractivity contribution in [3.8, 4) is 0 Å². The number of likely N-dealkylation sites (tertiary alicyclic amines) is 1. The predicted octanol–water partition coefficient (Wildman–Crippen LogP) is 6.85. The Kier molecular flexibility index (Phi) is 6.81. The van der Waals surface area contributed by atoms with Crippen molar-refractivity contribution >= 4 is 5.97 Å². The number of aliphatic carboxylic acids is 1. The lowest BCUT2D eigenvalue weighted by Gasteiger charge is -2.34. The molecule has 6 rings (SSSR count). The minimum atomic E-state index is -0.839. The summed E-state index contributed by atoms with van der Waals surface area (Å²) in [6, 6.07) is 0.443. The topological polar surface area (TPSA) is 75.8 Å². The highest BCUT2D eigenvalue weighted by Crippen LogP contribution is 2.59. The Morgan fingerprint density at radius 1 is 1.14 bits per heavy atom. The molecule has 0 aromatic carbocycles. The number of rotatable bonds is 10. The van der Waals surface area contributed by atoms with Gasteiger partial charge in [-0.1, -0.05) is 18.2 Å². The summed E-state index contributed by atoms with van der Waals surface area (Å²) in [6.45, 7) is 5.50. The first-order valence-electron chi connectivity index (χ1n) is 14.6. The van der Waals surface area contributed by atoms with Crippen molar-refractivity contribution in [2.24, 2.45) is 11.3 Å². The number of carboxylic acid groups (broad SMARTS) is 1. The highest BCUT2D eigenvalue weighted by atomic mass is 16.5. The van der Waals surface area contributed by atoms with Gasteiger partial charge in [-0.2, -0.15) is 0 Å². The maximum Gasteiger partial charge on any atom is 0.331 e. The van der Waals surface area contributed by atoms with Crippen molar-refractivity contribution in [3.05, 3.63) is 52.6 Å². The van der Waals surface area contributed by atoms with E-state index >= 15 is 0 Å². The minimum absolute atomic E-state index is 0.268. The van der Waals surface area contributed by atoms with Gasteiger partial charge in [-0.15, -0.1) is 0 Å². The van der Waals surface area contributed by atoms with E-state index in [9.17, 15) is 9.90 Å². The predicted molar refractivity (Wildman–Crippen MR) is 142 cm³/mol. The van der Waals surface area contributed by atoms with Crippen LogP contribution in [0.15, 0.2) is 40.1 Å². The summed E-state index contributed by atoms with van der Waals surface area (Å²) in [5.41, 5.74) is 4.71. The zero-order valence-corrected chi connectivity index (χ0v) is 22.5. The van der Waals surface area contributed by atoms with Gasteiger partial charge in [0.1, 0.15) is 5.76 Å². The van der Waals surface area contributed by atoms with Gasteiger partial charge in [-0.25, -0.2) is 4.79 Å². The fraction of sp³-hybridized carbons (Fsp3) is 0.677. The van der Waals surface area contributed by atoms with Gasteiger partial charge >= 0.3 is 5.97 Å². The highest BCUT2D eigenvalue weighted by molar-refractivity contribution is 5.86. The van der Waals surface area contributed by atoms with Gasteiger partial charge in [0.05, 0.1) is 18.4 Å². The Morgan fingerprint density at radius 3 is 2.51 bits per heavy atom. The van der Waals surface area contributed by atoms with E-state index in [0.717, 1.165) is 30.8 Å². The number of nitrogens with zero attached hydrogens (tertiary/aromatic N) is 2. The van der Waals surface area contributed by atoms with Gasteiger partial charge < -0.3 is 19.3 Å². The molecule has 0 radical (unpaired) electrons. The van der Waals surface area contributed by atoms with Crippen LogP contribution >= 0.6 is 0 Å². The quantitative estimate of drug-likeness (QED) is 0.276. The molecule has 1 aromatic rings. The van der Waals surface area contributed by atoms with Crippen molar-refractivity contribution < 1.29 is 19.2 Å². The number of ether oxygens (including phenoxy) is 1. The largest absolute Gasteiger partial charge is 0.478 e. The third-order valence-electron chi connectivity index (χ3n) is 9.89. The standard InChI is InChI=1S/C31H42N2O4/c1-3-5-24(9-8-20(4-2)30(34)35)33-18-23-16-25(33)17-27(23)36-19-26-28(32-37-29(26)22-6-7-22)21-10-12-31(13-11-21)14-15-31/h3,5,8-9,21-23,25,27H,4,6-7,10-19H2,1-2H3,(H,34,35)/b5-3+,20-8+,24-9+/t23?,25-,27?/m1/s1. The molecule has 2 unspecified atom stereocenters. The number of carboxylic acids is 1. The number of hydrogen-bond donors (Lipinski definition) is 1. The molecule has 200 valence electrons. The molecule has 4 aliphatic carbocycles. The number of piperidine rings is 1. The first-order valence-corrected chi connectivity index (χ1v) is 14.6. The van der Waals surface area contributed by atoms with E-state index < -0.39 is 5.97 Å². The molecule has 3 atom stereocenters. The molecule has 4 saturated carbocycles. The summed E-state index contributed by atoms with van der Waals surface area (Å²) in [6.07, 6.45) is 21.3. The number of aromatic nitrogens is 1. The van der Waals surface area contributed by atoms with Crippen LogP contribution in [0.3, 0.4) is 0 Å². The molecule has 0 amide bonds. The molecule has 6 heteroatoms. The SMILES string of the molecule is C/C=C/C(=C\C=C(/CC)C(=O)O)N1CC2C[C@@H]1CC2OCc1c(C2CCC3(CC2)CC3)noc1C1CC1. The van der Waals surface area contributed by atoms with Crippen molar-refractivity contribution in [1.82, 2.24) is 10.1 Å². The van der Waals surface area contributed by atoms with Crippen LogP contribution < -0.4 is 0 Å². The summed E-state index contributed by atoms with van der Waals surface area (Å²) >= 11 is 0. The minimum Gasteiger partial charge on any atom is -0.478 e. The second-order valence-electron chi connectivity index (χ2n) is 12.3. The van der Waals surface area contributed by atoms with Gasteiger partial charge in [-0.3, -0.25) is 0 Å². The summed E-state index contributed by atoms with van der Waals surface area (Å²) in [4.78, 5) is 13.9. The van der Waals surface area contributed by atoms with Crippen LogP contribution in [-0.2, 0) is 16.1 Å². The molecule has 37 heavy (non-hydrogen) atoms. The lowest BCUT2D eigenvalue weighted by molar-refractivity contribution is -0.132. The van der Waals surface area contributed by atoms with E-state index in [1.165, 1.54) is 62.6 Å². The molecular weight excluding hydrogens is 464 g/mol. The Hall–Kier alpha value is -2.34. The smallest absolute Gasteiger partial charge is 0.331 e. The molecule has 5 fully saturated rings. The van der Waals surface area contributed by atoms with Gasteiger partial charge in [0.15, 0.2) is 0 Å². The Morgan fingerprint density at radius 2 is 1.92 bits per heavy atom. The van der Waals surface area contributed by atoms with Crippen LogP contribution in [0.1, 0.15) is 113 Å². The molecule has 1 aromatic heterocycles. The van der Waals surface area contributed by atoms with Gasteiger partial charge in [0, 0.05) is 47.2 Å². The molecule has 1 N–H and O–H groups in total. The number of hydrogen-bond acceptors (Lipinski definition) is 5. The molecule has 5 aliphatic rings. The third-order valence-corrected chi connectivity index (χ3v) is 9.89. The third kappa shape index (κ3) is 5.06. The zero-order chi connectivity index (χ0) is 25.6. The van der Waals surface area contributed by atoms with Crippen molar-refractivity contribution in [3.63, 3.8) is 0 Å². The van der Waals surface area contributed by atoms with E-state index in [4.69, 9.17) is 9.26 Å². The average Bonchev–Trinajstić information content (AvgIpc) is 3.75. The van der Waals surface area contributed by atoms with Gasteiger partial charge in [0.25, 0.3) is 0 Å². The van der Waals surface area contributed by atoms with E-state index in [0.29, 0.717) is 47.8 Å². The van der Waals surface area contributed by atoms with Crippen LogP contribution in [0.5, 0.6) is 0 Å². The second kappa shape index (κ2) is 10.1. The van der Waals surface area contributed by atoms with Crippen molar-refractivity contribution in [2.45, 2.75) is 115 Å². The lowest BCUT2D eigenvalue weighted by atomic mass is 9.77. The van der Waals surface area contributed by atoms with E-state index in [-0.39, 0.29) is 6.10 Å². The summed E-state index contributed by atoms with van der Waals surface area (Å²) in [5.74, 6) is 1.87. The van der Waals surface area contributed by atoms with E-state index in [2.05, 4.69) is 16.1 Å². The normalized spacial score (nSPS) is 29.7. The molecule has 2 heterocycles. The lowest BCUT2D eigenvalue weighted by Crippen LogP contribution is -2.37. The van der Waals surface area contributed by atoms with Crippen LogP contribution in [0.2, 0.25) is 0 Å². The van der Waals surface area contributed by atoms with E-state index in [1.807, 2.05) is 26.0 Å². The first-order chi connectivity index (χ1) is 18.0. The van der Waals surface area contributed by atoms with Gasteiger partial charge in [0.2, 0.25) is 0 Å². The summed E-state index contributed by atoms with van der Waals surface area (Å²) in [7, 11) is 0. The zero-order valence-electron chi connectivity index (χ0n) is 22.5. The molecule has 6 nitrogen and oxygen atoms in total. The van der Waals surface area contributed by atoms with Crippen LogP contribution in [0, 0.1) is 11.3 Å². The fourth-order valence-corrected chi connectivity index (χ4v) is 7.21. The van der Waals surface area contributed by atoms with Crippen molar-refractivity contribution in [1.29, 1.82) is 0 Å². The first kappa shape index (κ1) is 25.0. The molecule has 1 aliphatic heterocycles.